The van der Waals surface area contributed by atoms with Gasteiger partial charge in [-0.2, -0.15) is 0 Å². The molecule has 1 aromatic carbocycles. The normalized spacial score (nSPS) is 11.9. The van der Waals surface area contributed by atoms with E-state index in [0.717, 1.165) is 30.4 Å². The molecule has 1 aromatic rings. The summed E-state index contributed by atoms with van der Waals surface area (Å²) in [5, 5.41) is 8.93. The van der Waals surface area contributed by atoms with E-state index in [1.54, 1.807) is 26.2 Å². The molecule has 38 heavy (non-hydrogen) atoms. The van der Waals surface area contributed by atoms with Crippen LogP contribution in [0.2, 0.25) is 0 Å². The summed E-state index contributed by atoms with van der Waals surface area (Å²) in [7, 11) is 3.37. The Morgan fingerprint density at radius 3 is 2.53 bits per heavy atom. The summed E-state index contributed by atoms with van der Waals surface area (Å²) >= 11 is 0. The molecule has 2 amide bonds. The molecule has 0 heterocycles. The van der Waals surface area contributed by atoms with Crippen molar-refractivity contribution >= 4 is 18.1 Å². The number of carbonyl (C=O) groups is 3. The highest BCUT2D eigenvalue weighted by molar-refractivity contribution is 5.83. The highest BCUT2D eigenvalue weighted by atomic mass is 19.1. The minimum absolute atomic E-state index is 0.0128. The number of rotatable bonds is 17. The van der Waals surface area contributed by atoms with E-state index >= 15 is 0 Å². The molecule has 1 rings (SSSR count). The number of hydrogen-bond donors (Lipinski definition) is 3. The lowest BCUT2D eigenvalue weighted by atomic mass is 10.0. The number of benzene rings is 1. The number of halogens is 1. The Labute approximate surface area is 227 Å². The van der Waals surface area contributed by atoms with Crippen LogP contribution >= 0.6 is 0 Å². The number of aryl methyl sites for hydroxylation is 1. The highest BCUT2D eigenvalue weighted by Gasteiger charge is 2.24. The highest BCUT2D eigenvalue weighted by Crippen LogP contribution is 2.19. The Hall–Kier alpha value is -3.30. The van der Waals surface area contributed by atoms with Gasteiger partial charge in [0.05, 0.1) is 19.1 Å². The average Bonchev–Trinajstić information content (AvgIpc) is 2.90. The van der Waals surface area contributed by atoms with Crippen molar-refractivity contribution in [1.29, 1.82) is 0 Å². The first-order valence-corrected chi connectivity index (χ1v) is 12.9. The zero-order chi connectivity index (χ0) is 28.8. The van der Waals surface area contributed by atoms with E-state index in [1.807, 2.05) is 45.0 Å². The quantitative estimate of drug-likeness (QED) is 0.162. The Bertz CT molecular complexity index is 902. The lowest BCUT2D eigenvalue weighted by Gasteiger charge is -2.26. The molecule has 212 valence electrons. The van der Waals surface area contributed by atoms with Gasteiger partial charge in [0.1, 0.15) is 24.5 Å². The number of likely N-dealkylation sites (N-methyl/N-ethyl adjacent to an activating group) is 2. The number of hydrogen-bond acceptors (Lipinski definition) is 6. The van der Waals surface area contributed by atoms with Crippen LogP contribution in [0.4, 0.5) is 4.39 Å². The van der Waals surface area contributed by atoms with Crippen LogP contribution < -0.4 is 20.7 Å². The van der Waals surface area contributed by atoms with Crippen molar-refractivity contribution in [3.8, 4) is 5.75 Å². The summed E-state index contributed by atoms with van der Waals surface area (Å²) in [4.78, 5) is 36.0. The molecule has 0 aliphatic carbocycles. The maximum atomic E-state index is 12.5. The van der Waals surface area contributed by atoms with Gasteiger partial charge < -0.3 is 30.4 Å². The van der Waals surface area contributed by atoms with Gasteiger partial charge in [-0.1, -0.05) is 50.8 Å². The van der Waals surface area contributed by atoms with Crippen molar-refractivity contribution in [2.75, 3.05) is 46.9 Å². The Morgan fingerprint density at radius 1 is 1.21 bits per heavy atom. The van der Waals surface area contributed by atoms with Crippen LogP contribution in [0, 0.1) is 5.92 Å². The maximum absolute atomic E-state index is 12.5. The van der Waals surface area contributed by atoms with Gasteiger partial charge in [-0.25, -0.2) is 4.39 Å². The van der Waals surface area contributed by atoms with E-state index in [-0.39, 0.29) is 36.1 Å². The lowest BCUT2D eigenvalue weighted by Crippen LogP contribution is -2.49. The van der Waals surface area contributed by atoms with E-state index in [4.69, 9.17) is 4.74 Å². The van der Waals surface area contributed by atoms with Crippen molar-refractivity contribution < 1.29 is 23.5 Å². The fourth-order valence-electron chi connectivity index (χ4n) is 3.26. The van der Waals surface area contributed by atoms with Crippen LogP contribution in [-0.2, 0) is 20.8 Å². The summed E-state index contributed by atoms with van der Waals surface area (Å²) in [6, 6.07) is 7.48. The van der Waals surface area contributed by atoms with Crippen molar-refractivity contribution in [3.05, 3.63) is 66.5 Å². The van der Waals surface area contributed by atoms with E-state index < -0.39 is 0 Å². The average molecular weight is 533 g/mol. The molecular weight excluding hydrogens is 487 g/mol. The first kappa shape index (κ1) is 34.7. The summed E-state index contributed by atoms with van der Waals surface area (Å²) < 4.78 is 17.9. The summed E-state index contributed by atoms with van der Waals surface area (Å²) in [5.41, 5.74) is 1.09. The van der Waals surface area contributed by atoms with Gasteiger partial charge in [-0.3, -0.25) is 9.59 Å². The number of amides is 2. The molecule has 3 N–H and O–H groups in total. The lowest BCUT2D eigenvalue weighted by molar-refractivity contribution is -0.134. The molecule has 1 unspecified atom stereocenters. The number of nitrogens with one attached hydrogen (secondary N) is 3. The Balaban J connectivity index is 0.00000147. The number of allylic oxidation sites excluding steroid dienone is 5. The molecule has 0 saturated heterocycles. The molecule has 8 nitrogen and oxygen atoms in total. The molecule has 9 heteroatoms. The van der Waals surface area contributed by atoms with Gasteiger partial charge in [-0.05, 0) is 56.5 Å². The van der Waals surface area contributed by atoms with Gasteiger partial charge in [0.2, 0.25) is 11.8 Å². The maximum Gasteiger partial charge on any atom is 0.240 e. The monoisotopic (exact) mass is 532 g/mol. The predicted octanol–water partition coefficient (Wildman–Crippen LogP) is 3.21. The van der Waals surface area contributed by atoms with Gasteiger partial charge in [0.15, 0.2) is 0 Å². The van der Waals surface area contributed by atoms with E-state index in [0.29, 0.717) is 26.2 Å². The zero-order valence-corrected chi connectivity index (χ0v) is 23.5. The van der Waals surface area contributed by atoms with Gasteiger partial charge in [-0.15, -0.1) is 0 Å². The first-order valence-electron chi connectivity index (χ1n) is 12.9. The van der Waals surface area contributed by atoms with E-state index in [2.05, 4.69) is 22.5 Å². The SMILES string of the molecule is C=C/C(F)=C\C=C\C.CNCC(=O)NCCCc1ccccc1OCCNC(C(=O)N(C)CC=O)C(C)C. The second-order valence-electron chi connectivity index (χ2n) is 8.78. The standard InChI is InChI=1S/C22H36N4O4.C7H9F/c1-17(2)21(22(29)26(4)13-14-27)25-12-15-30-19-10-6-5-8-18(19)9-7-11-24-20(28)16-23-3;1-3-5-6-7(8)4-2/h5-6,8,10,14,17,21,23,25H,7,9,11-13,15-16H2,1-4H3,(H,24,28);3-6H,2H2,1H3/b;5-3+,7-6+. The molecule has 0 bridgehead atoms. The second kappa shape index (κ2) is 21.8. The minimum atomic E-state index is -0.366. The molecular formula is C29H45FN4O4. The third-order valence-electron chi connectivity index (χ3n) is 5.28. The first-order chi connectivity index (χ1) is 18.2. The largest absolute Gasteiger partial charge is 0.492 e. The van der Waals surface area contributed by atoms with Crippen LogP contribution in [0.25, 0.3) is 0 Å². The van der Waals surface area contributed by atoms with Gasteiger partial charge >= 0.3 is 0 Å². The van der Waals surface area contributed by atoms with Crippen molar-refractivity contribution in [2.24, 2.45) is 5.92 Å². The minimum Gasteiger partial charge on any atom is -0.492 e. The van der Waals surface area contributed by atoms with Crippen LogP contribution in [0.15, 0.2) is 61.0 Å². The molecule has 0 aliphatic rings. The number of nitrogens with zero attached hydrogens (tertiary/aromatic N) is 1. The van der Waals surface area contributed by atoms with Crippen molar-refractivity contribution in [2.45, 2.75) is 39.7 Å². The molecule has 1 atom stereocenters. The molecule has 0 spiro atoms. The van der Waals surface area contributed by atoms with E-state index in [9.17, 15) is 18.8 Å². The smallest absolute Gasteiger partial charge is 0.240 e. The van der Waals surface area contributed by atoms with Gasteiger partial charge in [0.25, 0.3) is 0 Å². The summed E-state index contributed by atoms with van der Waals surface area (Å²) in [5.74, 6) is 0.491. The molecule has 0 fully saturated rings. The Morgan fingerprint density at radius 2 is 1.92 bits per heavy atom. The van der Waals surface area contributed by atoms with Crippen LogP contribution in [0.1, 0.15) is 32.8 Å². The summed E-state index contributed by atoms with van der Waals surface area (Å²) in [6.45, 7) is 10.9. The molecule has 0 saturated carbocycles. The van der Waals surface area contributed by atoms with Crippen molar-refractivity contribution in [3.63, 3.8) is 0 Å². The topological polar surface area (TPSA) is 99.8 Å². The molecule has 0 aliphatic heterocycles. The number of aldehydes is 1. The molecule has 0 radical (unpaired) electrons. The van der Waals surface area contributed by atoms with Crippen LogP contribution in [-0.4, -0.2) is 75.9 Å². The zero-order valence-electron chi connectivity index (χ0n) is 23.5. The predicted molar refractivity (Wildman–Crippen MR) is 152 cm³/mol. The third-order valence-corrected chi connectivity index (χ3v) is 5.28. The number of ether oxygens (including phenoxy) is 1. The Kier molecular flexibility index (Phi) is 19.9. The van der Waals surface area contributed by atoms with Crippen LogP contribution in [0.5, 0.6) is 5.75 Å². The third kappa shape index (κ3) is 15.7. The second-order valence-corrected chi connectivity index (χ2v) is 8.78. The van der Waals surface area contributed by atoms with Crippen molar-refractivity contribution in [1.82, 2.24) is 20.9 Å². The fraction of sp³-hybridized carbons (Fsp3) is 0.483. The molecule has 0 aromatic heterocycles. The fourth-order valence-corrected chi connectivity index (χ4v) is 3.26. The van der Waals surface area contributed by atoms with Gasteiger partial charge in [0, 0.05) is 20.1 Å². The number of carbonyl (C=O) groups excluding carboxylic acids is 3. The van der Waals surface area contributed by atoms with Crippen LogP contribution in [0.3, 0.4) is 0 Å². The van der Waals surface area contributed by atoms with E-state index in [1.165, 1.54) is 17.1 Å². The summed E-state index contributed by atoms with van der Waals surface area (Å²) in [6.07, 6.45) is 8.24. The number of para-hydroxylation sites is 1.